The van der Waals surface area contributed by atoms with Gasteiger partial charge < -0.3 is 80.2 Å². The van der Waals surface area contributed by atoms with Crippen LogP contribution in [0.15, 0.2) is 11.6 Å². The Balaban J connectivity index is 1.25. The lowest BCUT2D eigenvalue weighted by Gasteiger charge is -2.61. The van der Waals surface area contributed by atoms with Crippen molar-refractivity contribution in [3.63, 3.8) is 0 Å². The molecule has 0 aromatic rings. The first-order chi connectivity index (χ1) is 25.9. The molecular formula is C39H64O17. The fourth-order valence-electron chi connectivity index (χ4n) is 11.3. The molecule has 0 radical (unpaired) electrons. The smallest absolute Gasteiger partial charge is 0.187 e. The maximum Gasteiger partial charge on any atom is 0.187 e. The van der Waals surface area contributed by atoms with Gasteiger partial charge in [-0.05, 0) is 101 Å². The van der Waals surface area contributed by atoms with Crippen molar-refractivity contribution in [1.82, 2.24) is 0 Å². The van der Waals surface area contributed by atoms with Crippen molar-refractivity contribution in [3.8, 4) is 0 Å². The van der Waals surface area contributed by atoms with Gasteiger partial charge in [0.15, 0.2) is 18.4 Å². The molecule has 17 heteroatoms. The molecule has 2 saturated heterocycles. The number of aliphatic hydroxyl groups is 12. The van der Waals surface area contributed by atoms with Crippen LogP contribution >= 0.6 is 0 Å². The van der Waals surface area contributed by atoms with Crippen molar-refractivity contribution in [3.05, 3.63) is 11.6 Å². The number of fused-ring (bicyclic) bond motifs is 5. The van der Waals surface area contributed by atoms with E-state index in [1.807, 2.05) is 13.8 Å². The van der Waals surface area contributed by atoms with Crippen LogP contribution in [-0.4, -0.2) is 177 Å². The molecule has 20 atom stereocenters. The summed E-state index contributed by atoms with van der Waals surface area (Å²) in [7, 11) is 0. The molecule has 0 bridgehead atoms. The van der Waals surface area contributed by atoms with E-state index in [2.05, 4.69) is 0 Å². The van der Waals surface area contributed by atoms with Gasteiger partial charge in [0, 0.05) is 11.3 Å². The van der Waals surface area contributed by atoms with Gasteiger partial charge in [0.1, 0.15) is 48.8 Å². The summed E-state index contributed by atoms with van der Waals surface area (Å²) in [5.74, 6) is -1.94. The number of aliphatic hydroxyl groups excluding tert-OH is 9. The van der Waals surface area contributed by atoms with Crippen LogP contribution in [0, 0.1) is 28.6 Å². The first-order valence-electron chi connectivity index (χ1n) is 20.0. The molecule has 12 N–H and O–H groups in total. The fraction of sp³-hybridized carbons (Fsp3) is 0.923. The standard InChI is InChI=1S/C39H64O17/c1-35(2,50)9-8-26(56-34-32(49)30(47)28(45)24(16-41)55-34)38(5,51)25-7-11-39(52)18-12-20(42)19-13-22(53-33-31(48)29(46)27(44)23(15-40)54-33)21(43)14-36(19,3)17(18)6-10-37(25,39)4/h12,17,19,21-34,40-41,43-52H,6-11,13-16H2,1-5H3/t17-,19-,21-,22-,23+,24+,25-,26+,27-,28-,29-,30-,31+,32+,33-,34+,36+,37+,38+,39+/m0/s1. The van der Waals surface area contributed by atoms with Crippen LogP contribution in [0.1, 0.15) is 86.0 Å². The van der Waals surface area contributed by atoms with E-state index in [1.165, 1.54) is 6.08 Å². The Morgan fingerprint density at radius 3 is 1.96 bits per heavy atom. The first kappa shape index (κ1) is 44.3. The number of rotatable bonds is 11. The van der Waals surface area contributed by atoms with Crippen LogP contribution in [-0.2, 0) is 23.7 Å². The quantitative estimate of drug-likeness (QED) is 0.103. The Kier molecular flexibility index (Phi) is 12.4. The van der Waals surface area contributed by atoms with E-state index in [-0.39, 0.29) is 43.8 Å². The van der Waals surface area contributed by atoms with Crippen molar-refractivity contribution in [1.29, 1.82) is 0 Å². The Bertz CT molecular complexity index is 1450. The number of hydrogen-bond acceptors (Lipinski definition) is 17. The van der Waals surface area contributed by atoms with E-state index in [1.54, 1.807) is 20.8 Å². The number of carbonyl (C=O) groups is 1. The van der Waals surface area contributed by atoms with Gasteiger partial charge in [0.25, 0.3) is 0 Å². The minimum atomic E-state index is -1.75. The summed E-state index contributed by atoms with van der Waals surface area (Å²) in [6, 6.07) is 0. The summed E-state index contributed by atoms with van der Waals surface area (Å²) in [6.07, 6.45) is -15.6. The second-order valence-corrected chi connectivity index (χ2v) is 18.8. The van der Waals surface area contributed by atoms with E-state index in [9.17, 15) is 66.1 Å². The second-order valence-electron chi connectivity index (χ2n) is 18.8. The van der Waals surface area contributed by atoms with Crippen molar-refractivity contribution < 1.29 is 85.0 Å². The zero-order chi connectivity index (χ0) is 41.5. The van der Waals surface area contributed by atoms with Gasteiger partial charge in [-0.25, -0.2) is 0 Å². The number of ketones is 1. The van der Waals surface area contributed by atoms with E-state index < -0.39 is 132 Å². The topological polar surface area (TPSA) is 297 Å². The number of ether oxygens (including phenoxy) is 4. The molecule has 17 nitrogen and oxygen atoms in total. The monoisotopic (exact) mass is 804 g/mol. The highest BCUT2D eigenvalue weighted by molar-refractivity contribution is 5.95. The summed E-state index contributed by atoms with van der Waals surface area (Å²) in [5.41, 5.74) is -5.82. The minimum Gasteiger partial charge on any atom is -0.394 e. The van der Waals surface area contributed by atoms with Gasteiger partial charge in [0.2, 0.25) is 0 Å². The van der Waals surface area contributed by atoms with Crippen molar-refractivity contribution in [2.24, 2.45) is 28.6 Å². The summed E-state index contributed by atoms with van der Waals surface area (Å²) in [4.78, 5) is 14.1. The summed E-state index contributed by atoms with van der Waals surface area (Å²) in [6.45, 7) is 7.20. The average Bonchev–Trinajstić information content (AvgIpc) is 3.42. The van der Waals surface area contributed by atoms with Gasteiger partial charge in [-0.3, -0.25) is 4.79 Å². The molecule has 322 valence electrons. The third-order valence-corrected chi connectivity index (χ3v) is 14.8. The van der Waals surface area contributed by atoms with E-state index >= 15 is 0 Å². The minimum absolute atomic E-state index is 0.0387. The van der Waals surface area contributed by atoms with E-state index in [0.717, 1.165) is 0 Å². The zero-order valence-corrected chi connectivity index (χ0v) is 32.8. The van der Waals surface area contributed by atoms with Gasteiger partial charge >= 0.3 is 0 Å². The lowest BCUT2D eigenvalue weighted by Crippen LogP contribution is -2.64. The SMILES string of the molecule is CC(C)(O)CC[C@@H](O[C@H]1O[C@H](CO)[C@H](O)[C@H](O)[C@H]1O)[C@](C)(O)[C@H]1CC[C@@]2(O)C3=CC(=O)[C@@H]4C[C@H](O[C@H]5O[C@H](CO)[C@H](O)[C@H](O)[C@H]5O)[C@@H](O)C[C@]4(C)[C@H]3CC[C@]12C. The highest BCUT2D eigenvalue weighted by Gasteiger charge is 2.69. The van der Waals surface area contributed by atoms with E-state index in [0.29, 0.717) is 24.8 Å². The predicted molar refractivity (Wildman–Crippen MR) is 192 cm³/mol. The molecule has 0 spiro atoms. The largest absolute Gasteiger partial charge is 0.394 e. The number of allylic oxidation sites excluding steroid dienone is 1. The van der Waals surface area contributed by atoms with Crippen LogP contribution in [0.25, 0.3) is 0 Å². The van der Waals surface area contributed by atoms with Gasteiger partial charge in [0.05, 0.1) is 48.3 Å². The lowest BCUT2D eigenvalue weighted by atomic mass is 9.45. The molecule has 0 aromatic carbocycles. The summed E-state index contributed by atoms with van der Waals surface area (Å²) in [5, 5.41) is 130. The molecule has 0 unspecified atom stereocenters. The van der Waals surface area contributed by atoms with Crippen LogP contribution in [0.5, 0.6) is 0 Å². The summed E-state index contributed by atoms with van der Waals surface area (Å²) < 4.78 is 23.3. The second kappa shape index (κ2) is 15.7. The first-order valence-corrected chi connectivity index (χ1v) is 20.0. The van der Waals surface area contributed by atoms with Crippen molar-refractivity contribution >= 4 is 5.78 Å². The molecule has 56 heavy (non-hydrogen) atoms. The highest BCUT2D eigenvalue weighted by atomic mass is 16.7. The predicted octanol–water partition coefficient (Wildman–Crippen LogP) is -2.50. The number of carbonyl (C=O) groups excluding carboxylic acids is 1. The zero-order valence-electron chi connectivity index (χ0n) is 32.8. The van der Waals surface area contributed by atoms with E-state index in [4.69, 9.17) is 18.9 Å². The molecule has 5 fully saturated rings. The molecule has 4 aliphatic carbocycles. The van der Waals surface area contributed by atoms with Crippen molar-refractivity contribution in [2.75, 3.05) is 13.2 Å². The molecule has 0 amide bonds. The van der Waals surface area contributed by atoms with Crippen molar-refractivity contribution in [2.45, 2.75) is 183 Å². The third kappa shape index (κ3) is 7.34. The van der Waals surface area contributed by atoms with Crippen LogP contribution in [0.3, 0.4) is 0 Å². The molecule has 2 aliphatic heterocycles. The molecule has 2 heterocycles. The molecule has 0 aromatic heterocycles. The number of hydrogen-bond donors (Lipinski definition) is 12. The van der Waals surface area contributed by atoms with Crippen LogP contribution in [0.2, 0.25) is 0 Å². The molecule has 6 aliphatic rings. The molecule has 3 saturated carbocycles. The highest BCUT2D eigenvalue weighted by Crippen LogP contribution is 2.69. The summed E-state index contributed by atoms with van der Waals surface area (Å²) >= 11 is 0. The van der Waals surface area contributed by atoms with Crippen LogP contribution < -0.4 is 0 Å². The Hall–Kier alpha value is -1.23. The average molecular weight is 805 g/mol. The van der Waals surface area contributed by atoms with Crippen LogP contribution in [0.4, 0.5) is 0 Å². The normalized spacial score (nSPS) is 50.0. The molecular weight excluding hydrogens is 740 g/mol. The van der Waals surface area contributed by atoms with Gasteiger partial charge in [-0.1, -0.05) is 13.8 Å². The molecule has 6 rings (SSSR count). The fourth-order valence-corrected chi connectivity index (χ4v) is 11.3. The lowest BCUT2D eigenvalue weighted by molar-refractivity contribution is -0.328. The maximum atomic E-state index is 14.1. The Morgan fingerprint density at radius 2 is 1.39 bits per heavy atom. The third-order valence-electron chi connectivity index (χ3n) is 14.8. The maximum absolute atomic E-state index is 14.1. The Labute approximate surface area is 326 Å². The van der Waals surface area contributed by atoms with Gasteiger partial charge in [-0.15, -0.1) is 0 Å². The van der Waals surface area contributed by atoms with Gasteiger partial charge in [-0.2, -0.15) is 0 Å². The Morgan fingerprint density at radius 1 is 0.821 bits per heavy atom.